The second kappa shape index (κ2) is 6.04. The summed E-state index contributed by atoms with van der Waals surface area (Å²) in [5.41, 5.74) is 0.823. The predicted molar refractivity (Wildman–Crippen MR) is 88.6 cm³/mol. The zero-order valence-corrected chi connectivity index (χ0v) is 13.7. The second-order valence-electron chi connectivity index (χ2n) is 5.78. The minimum Gasteiger partial charge on any atom is -0.379 e. The van der Waals surface area contributed by atoms with Crippen LogP contribution in [-0.2, 0) is 16.2 Å². The van der Waals surface area contributed by atoms with Gasteiger partial charge in [0.1, 0.15) is 5.82 Å². The van der Waals surface area contributed by atoms with Crippen LogP contribution in [0.5, 0.6) is 0 Å². The number of benzene rings is 1. The molecule has 1 aliphatic heterocycles. The normalized spacial score (nSPS) is 20.0. The monoisotopic (exact) mass is 332 g/mol. The van der Waals surface area contributed by atoms with Crippen LogP contribution in [0.15, 0.2) is 41.7 Å². The highest BCUT2D eigenvalue weighted by atomic mass is 35.5. The van der Waals surface area contributed by atoms with Crippen molar-refractivity contribution in [3.05, 3.63) is 47.1 Å². The van der Waals surface area contributed by atoms with Gasteiger partial charge in [-0.2, -0.15) is 5.10 Å². The van der Waals surface area contributed by atoms with Crippen LogP contribution >= 0.6 is 11.6 Å². The van der Waals surface area contributed by atoms with E-state index in [1.165, 1.54) is 0 Å². The van der Waals surface area contributed by atoms with Crippen molar-refractivity contribution >= 4 is 29.0 Å². The summed E-state index contributed by atoms with van der Waals surface area (Å²) in [5.74, 6) is 0.357. The average molecular weight is 333 g/mol. The number of oxime groups is 1. The third kappa shape index (κ3) is 3.37. The summed E-state index contributed by atoms with van der Waals surface area (Å²) in [6, 6.07) is 9.27. The Morgan fingerprint density at radius 3 is 3.00 bits per heavy atom. The number of carbonyl (C=O) groups excluding carboxylic acids is 1. The molecule has 0 spiro atoms. The quantitative estimate of drug-likeness (QED) is 0.935. The fraction of sp³-hybridized carbons (Fsp3) is 0.312. The molecule has 2 aromatic rings. The van der Waals surface area contributed by atoms with Gasteiger partial charge >= 0.3 is 0 Å². The van der Waals surface area contributed by atoms with Gasteiger partial charge < -0.3 is 10.2 Å². The van der Waals surface area contributed by atoms with Crippen molar-refractivity contribution < 1.29 is 9.63 Å². The van der Waals surface area contributed by atoms with E-state index in [2.05, 4.69) is 15.6 Å². The lowest BCUT2D eigenvalue weighted by Gasteiger charge is -2.20. The summed E-state index contributed by atoms with van der Waals surface area (Å²) in [6.45, 7) is 4.07. The average Bonchev–Trinajstić information content (AvgIpc) is 3.07. The molecule has 0 fully saturated rings. The third-order valence-corrected chi connectivity index (χ3v) is 3.89. The lowest BCUT2D eigenvalue weighted by Crippen LogP contribution is -2.40. The van der Waals surface area contributed by atoms with Gasteiger partial charge in [0.05, 0.1) is 18.5 Å². The number of anilines is 1. The Kier molecular flexibility index (Phi) is 4.09. The van der Waals surface area contributed by atoms with Gasteiger partial charge in [-0.1, -0.05) is 28.9 Å². The number of halogens is 1. The summed E-state index contributed by atoms with van der Waals surface area (Å²) in [6.07, 6.45) is 2.11. The van der Waals surface area contributed by atoms with Crippen LogP contribution in [-0.4, -0.2) is 27.0 Å². The zero-order valence-electron chi connectivity index (χ0n) is 12.9. The fourth-order valence-electron chi connectivity index (χ4n) is 2.47. The first-order chi connectivity index (χ1) is 11.0. The molecule has 0 aliphatic carbocycles. The highest BCUT2D eigenvalue weighted by Crippen LogP contribution is 2.25. The summed E-state index contributed by atoms with van der Waals surface area (Å²) < 4.78 is 1.70. The molecule has 7 heteroatoms. The highest BCUT2D eigenvalue weighted by molar-refractivity contribution is 6.30. The number of hydrogen-bond acceptors (Lipinski definition) is 4. The van der Waals surface area contributed by atoms with E-state index in [9.17, 15) is 4.79 Å². The molecule has 0 saturated heterocycles. The highest BCUT2D eigenvalue weighted by Gasteiger charge is 2.41. The lowest BCUT2D eigenvalue weighted by atomic mass is 9.99. The van der Waals surface area contributed by atoms with E-state index in [4.69, 9.17) is 16.4 Å². The first kappa shape index (κ1) is 15.6. The Hall–Kier alpha value is -2.34. The molecule has 1 amide bonds. The van der Waals surface area contributed by atoms with Gasteiger partial charge in [0, 0.05) is 17.5 Å². The SMILES string of the molecule is CC1=NOC(C)(C(=O)Nc2ccnn2Cc2cccc(Cl)c2)C1. The molecular formula is C16H17ClN4O2. The Morgan fingerprint density at radius 2 is 2.30 bits per heavy atom. The van der Waals surface area contributed by atoms with E-state index in [0.29, 0.717) is 23.8 Å². The molecule has 0 radical (unpaired) electrons. The van der Waals surface area contributed by atoms with Crippen LogP contribution in [0.2, 0.25) is 5.02 Å². The Bertz CT molecular complexity index is 771. The maximum atomic E-state index is 12.5. The van der Waals surface area contributed by atoms with Crippen molar-refractivity contribution in [2.24, 2.45) is 5.16 Å². The van der Waals surface area contributed by atoms with E-state index < -0.39 is 5.60 Å². The summed E-state index contributed by atoms with van der Waals surface area (Å²) in [7, 11) is 0. The molecule has 1 unspecified atom stereocenters. The Morgan fingerprint density at radius 1 is 1.48 bits per heavy atom. The number of nitrogens with one attached hydrogen (secondary N) is 1. The van der Waals surface area contributed by atoms with E-state index in [-0.39, 0.29) is 5.91 Å². The van der Waals surface area contributed by atoms with Gasteiger partial charge in [-0.15, -0.1) is 0 Å². The Balaban J connectivity index is 1.73. The van der Waals surface area contributed by atoms with Gasteiger partial charge in [-0.3, -0.25) is 4.79 Å². The smallest absolute Gasteiger partial charge is 0.272 e. The van der Waals surface area contributed by atoms with Crippen molar-refractivity contribution in [1.82, 2.24) is 9.78 Å². The van der Waals surface area contributed by atoms with Crippen molar-refractivity contribution in [2.75, 3.05) is 5.32 Å². The van der Waals surface area contributed by atoms with E-state index in [1.807, 2.05) is 31.2 Å². The van der Waals surface area contributed by atoms with Gasteiger partial charge in [-0.25, -0.2) is 4.68 Å². The maximum Gasteiger partial charge on any atom is 0.272 e. The molecule has 1 aliphatic rings. The summed E-state index contributed by atoms with van der Waals surface area (Å²) in [4.78, 5) is 17.7. The molecule has 23 heavy (non-hydrogen) atoms. The van der Waals surface area contributed by atoms with Crippen molar-refractivity contribution in [3.63, 3.8) is 0 Å². The number of hydrogen-bond donors (Lipinski definition) is 1. The standard InChI is InChI=1S/C16H17ClN4O2/c1-11-9-16(2,23-20-11)15(22)19-14-6-7-18-21(14)10-12-4-3-5-13(17)8-12/h3-8H,9-10H2,1-2H3,(H,19,22). The molecule has 1 N–H and O–H groups in total. The van der Waals surface area contributed by atoms with Crippen molar-refractivity contribution in [3.8, 4) is 0 Å². The molecule has 1 atom stereocenters. The van der Waals surface area contributed by atoms with E-state index in [1.54, 1.807) is 23.9 Å². The van der Waals surface area contributed by atoms with Gasteiger partial charge in [-0.05, 0) is 31.5 Å². The minimum absolute atomic E-state index is 0.244. The van der Waals surface area contributed by atoms with Gasteiger partial charge in [0.15, 0.2) is 0 Å². The first-order valence-electron chi connectivity index (χ1n) is 7.26. The molecule has 1 aromatic carbocycles. The largest absolute Gasteiger partial charge is 0.379 e. The van der Waals surface area contributed by atoms with Crippen LogP contribution in [0.1, 0.15) is 25.8 Å². The number of carbonyl (C=O) groups is 1. The molecule has 3 rings (SSSR count). The number of aromatic nitrogens is 2. The lowest BCUT2D eigenvalue weighted by molar-refractivity contribution is -0.136. The van der Waals surface area contributed by atoms with Crippen LogP contribution in [0.4, 0.5) is 5.82 Å². The number of rotatable bonds is 4. The second-order valence-corrected chi connectivity index (χ2v) is 6.22. The third-order valence-electron chi connectivity index (χ3n) is 3.66. The predicted octanol–water partition coefficient (Wildman–Crippen LogP) is 3.08. The Labute approximate surface area is 139 Å². The molecular weight excluding hydrogens is 316 g/mol. The fourth-order valence-corrected chi connectivity index (χ4v) is 2.69. The molecule has 2 heterocycles. The van der Waals surface area contributed by atoms with Crippen molar-refractivity contribution in [2.45, 2.75) is 32.4 Å². The summed E-state index contributed by atoms with van der Waals surface area (Å²) in [5, 5.41) is 11.6. The van der Waals surface area contributed by atoms with E-state index in [0.717, 1.165) is 11.3 Å². The molecule has 0 saturated carbocycles. The van der Waals surface area contributed by atoms with Crippen LogP contribution < -0.4 is 5.32 Å². The minimum atomic E-state index is -0.977. The maximum absolute atomic E-state index is 12.5. The topological polar surface area (TPSA) is 68.5 Å². The van der Waals surface area contributed by atoms with Crippen molar-refractivity contribution in [1.29, 1.82) is 0 Å². The van der Waals surface area contributed by atoms with E-state index >= 15 is 0 Å². The van der Waals surface area contributed by atoms with Crippen LogP contribution in [0.25, 0.3) is 0 Å². The molecule has 0 bridgehead atoms. The molecule has 1 aromatic heterocycles. The first-order valence-corrected chi connectivity index (χ1v) is 7.63. The molecule has 6 nitrogen and oxygen atoms in total. The van der Waals surface area contributed by atoms with Gasteiger partial charge in [0.2, 0.25) is 5.60 Å². The number of amides is 1. The van der Waals surface area contributed by atoms with Crippen LogP contribution in [0.3, 0.4) is 0 Å². The van der Waals surface area contributed by atoms with Gasteiger partial charge in [0.25, 0.3) is 5.91 Å². The zero-order chi connectivity index (χ0) is 16.4. The summed E-state index contributed by atoms with van der Waals surface area (Å²) >= 11 is 6.00. The van der Waals surface area contributed by atoms with Crippen LogP contribution in [0, 0.1) is 0 Å². The number of nitrogens with zero attached hydrogens (tertiary/aromatic N) is 3. The molecule has 120 valence electrons.